The van der Waals surface area contributed by atoms with Crippen molar-refractivity contribution in [3.8, 4) is 11.4 Å². The number of fused-ring (bicyclic) bond motifs is 1. The first kappa shape index (κ1) is 19.1. The lowest BCUT2D eigenvalue weighted by atomic mass is 10.0. The number of H-pyrrole nitrogens is 1. The molecule has 8 heteroatoms. The zero-order valence-corrected chi connectivity index (χ0v) is 16.8. The summed E-state index contributed by atoms with van der Waals surface area (Å²) in [6.07, 6.45) is 5.21. The van der Waals surface area contributed by atoms with Crippen LogP contribution in [0.3, 0.4) is 0 Å². The van der Waals surface area contributed by atoms with E-state index < -0.39 is 0 Å². The lowest BCUT2D eigenvalue weighted by molar-refractivity contribution is -0.00546. The van der Waals surface area contributed by atoms with Gasteiger partial charge in [-0.3, -0.25) is 10.1 Å². The van der Waals surface area contributed by atoms with Gasteiger partial charge in [-0.25, -0.2) is 9.97 Å². The highest BCUT2D eigenvalue weighted by atomic mass is 16.5. The van der Waals surface area contributed by atoms with E-state index in [2.05, 4.69) is 50.0 Å². The maximum absolute atomic E-state index is 5.84. The van der Waals surface area contributed by atoms with Gasteiger partial charge in [-0.15, -0.1) is 0 Å². The molecule has 2 atom stereocenters. The molecule has 1 aliphatic rings. The fraction of sp³-hybridized carbons (Fsp3) is 0.333. The third kappa shape index (κ3) is 3.84. The minimum absolute atomic E-state index is 0.160. The van der Waals surface area contributed by atoms with Crippen molar-refractivity contribution in [2.75, 3.05) is 25.0 Å². The Hall–Kier alpha value is -3.26. The van der Waals surface area contributed by atoms with Crippen LogP contribution in [0.15, 0.2) is 41.8 Å². The first-order valence-corrected chi connectivity index (χ1v) is 9.64. The Morgan fingerprint density at radius 3 is 2.76 bits per heavy atom. The number of aromatic nitrogens is 4. The molecule has 4 rings (SSSR count). The maximum Gasteiger partial charge on any atom is 0.132 e. The van der Waals surface area contributed by atoms with Crippen LogP contribution in [0.2, 0.25) is 0 Å². The van der Waals surface area contributed by atoms with Crippen LogP contribution < -0.4 is 10.6 Å². The molecule has 29 heavy (non-hydrogen) atoms. The molecule has 0 saturated carbocycles. The standard InChI is InChI=1S/C21H25N7O/c1-13-10-28(11-14(2)29-13)20-7-19(24-12-25-20)21-17-6-15(16(8-22)9-23-3)4-5-18(17)26-27-21/h4-9,12-14H,10-11,22H2,1-3H3,(H,26,27)/t13-,14+. The first-order valence-electron chi connectivity index (χ1n) is 9.64. The van der Waals surface area contributed by atoms with E-state index in [1.54, 1.807) is 25.8 Å². The minimum atomic E-state index is 0.160. The van der Waals surface area contributed by atoms with Crippen molar-refractivity contribution >= 4 is 28.5 Å². The molecule has 2 aromatic heterocycles. The van der Waals surface area contributed by atoms with Crippen molar-refractivity contribution in [2.24, 2.45) is 10.7 Å². The molecule has 8 nitrogen and oxygen atoms in total. The minimum Gasteiger partial charge on any atom is -0.404 e. The first-order chi connectivity index (χ1) is 14.1. The van der Waals surface area contributed by atoms with E-state index >= 15 is 0 Å². The van der Waals surface area contributed by atoms with Crippen LogP contribution in [0.1, 0.15) is 19.4 Å². The molecule has 0 radical (unpaired) electrons. The Labute approximate surface area is 169 Å². The van der Waals surface area contributed by atoms with Gasteiger partial charge in [-0.05, 0) is 31.5 Å². The van der Waals surface area contributed by atoms with E-state index in [0.717, 1.165) is 52.3 Å². The molecule has 3 N–H and O–H groups in total. The third-order valence-corrected chi connectivity index (χ3v) is 4.98. The summed E-state index contributed by atoms with van der Waals surface area (Å²) >= 11 is 0. The molecular weight excluding hydrogens is 366 g/mol. The summed E-state index contributed by atoms with van der Waals surface area (Å²) in [5.74, 6) is 0.880. The molecule has 0 amide bonds. The van der Waals surface area contributed by atoms with Crippen LogP contribution in [-0.2, 0) is 4.74 Å². The van der Waals surface area contributed by atoms with Gasteiger partial charge in [0.1, 0.15) is 17.8 Å². The molecule has 0 spiro atoms. The zero-order valence-electron chi connectivity index (χ0n) is 16.8. The quantitative estimate of drug-likeness (QED) is 0.663. The van der Waals surface area contributed by atoms with E-state index in [4.69, 9.17) is 10.5 Å². The number of benzene rings is 1. The molecule has 3 aromatic rings. The third-order valence-electron chi connectivity index (χ3n) is 4.98. The molecular formula is C21H25N7O. The monoisotopic (exact) mass is 391 g/mol. The van der Waals surface area contributed by atoms with Gasteiger partial charge in [-0.2, -0.15) is 5.10 Å². The van der Waals surface area contributed by atoms with Crippen molar-refractivity contribution in [3.63, 3.8) is 0 Å². The Morgan fingerprint density at radius 2 is 2.03 bits per heavy atom. The fourth-order valence-corrected chi connectivity index (χ4v) is 3.76. The number of allylic oxidation sites excluding steroid dienone is 1. The van der Waals surface area contributed by atoms with Crippen LogP contribution in [-0.4, -0.2) is 58.7 Å². The van der Waals surface area contributed by atoms with E-state index in [0.29, 0.717) is 0 Å². The van der Waals surface area contributed by atoms with E-state index in [1.807, 2.05) is 18.2 Å². The number of nitrogens with one attached hydrogen (secondary N) is 1. The summed E-state index contributed by atoms with van der Waals surface area (Å²) in [5.41, 5.74) is 10.1. The average molecular weight is 391 g/mol. The second-order valence-electron chi connectivity index (χ2n) is 7.27. The second-order valence-corrected chi connectivity index (χ2v) is 7.27. The van der Waals surface area contributed by atoms with E-state index in [-0.39, 0.29) is 12.2 Å². The summed E-state index contributed by atoms with van der Waals surface area (Å²) in [6, 6.07) is 8.02. The lowest BCUT2D eigenvalue weighted by Crippen LogP contribution is -2.45. The molecule has 150 valence electrons. The van der Waals surface area contributed by atoms with Gasteiger partial charge in [0.15, 0.2) is 0 Å². The van der Waals surface area contributed by atoms with Gasteiger partial charge >= 0.3 is 0 Å². The van der Waals surface area contributed by atoms with Gasteiger partial charge in [0.05, 0.1) is 23.4 Å². The molecule has 0 aliphatic carbocycles. The number of anilines is 1. The number of rotatable bonds is 4. The Bertz CT molecular complexity index is 1060. The predicted octanol–water partition coefficient (Wildman–Crippen LogP) is 2.63. The number of hydrogen-bond donors (Lipinski definition) is 2. The fourth-order valence-electron chi connectivity index (χ4n) is 3.76. The number of aliphatic imine (C=N–C) groups is 1. The molecule has 1 aliphatic heterocycles. The zero-order chi connectivity index (χ0) is 20.4. The number of morpholine rings is 1. The summed E-state index contributed by atoms with van der Waals surface area (Å²) in [4.78, 5) is 15.3. The van der Waals surface area contributed by atoms with Crippen LogP contribution in [0.5, 0.6) is 0 Å². The molecule has 3 heterocycles. The Kier molecular flexibility index (Phi) is 5.26. The topological polar surface area (TPSA) is 105 Å². The Morgan fingerprint density at radius 1 is 1.24 bits per heavy atom. The van der Waals surface area contributed by atoms with Crippen LogP contribution in [0.25, 0.3) is 27.9 Å². The summed E-state index contributed by atoms with van der Waals surface area (Å²) in [5, 5.41) is 8.57. The summed E-state index contributed by atoms with van der Waals surface area (Å²) in [6.45, 7) is 5.76. The van der Waals surface area contributed by atoms with Crippen molar-refractivity contribution in [1.82, 2.24) is 20.2 Å². The Balaban J connectivity index is 1.73. The smallest absolute Gasteiger partial charge is 0.132 e. The number of aromatic amines is 1. The SMILES string of the molecule is CN=CC(=CN)c1ccc2[nH]nc(-c3cc(N4C[C@@H](C)O[C@@H](C)C4)ncn3)c2c1. The van der Waals surface area contributed by atoms with Gasteiger partial charge in [-0.1, -0.05) is 6.07 Å². The van der Waals surface area contributed by atoms with Crippen molar-refractivity contribution in [1.29, 1.82) is 0 Å². The van der Waals surface area contributed by atoms with Crippen molar-refractivity contribution in [3.05, 3.63) is 42.4 Å². The average Bonchev–Trinajstić information content (AvgIpc) is 3.14. The molecule has 1 fully saturated rings. The lowest BCUT2D eigenvalue weighted by Gasteiger charge is -2.36. The molecule has 0 bridgehead atoms. The second kappa shape index (κ2) is 8.00. The summed E-state index contributed by atoms with van der Waals surface area (Å²) in [7, 11) is 1.72. The van der Waals surface area contributed by atoms with Crippen LogP contribution in [0.4, 0.5) is 5.82 Å². The number of hydrogen-bond acceptors (Lipinski definition) is 7. The van der Waals surface area contributed by atoms with Crippen molar-refractivity contribution in [2.45, 2.75) is 26.1 Å². The van der Waals surface area contributed by atoms with Gasteiger partial charge in [0, 0.05) is 49.6 Å². The molecule has 1 aromatic carbocycles. The van der Waals surface area contributed by atoms with Gasteiger partial charge in [0.2, 0.25) is 0 Å². The van der Waals surface area contributed by atoms with Crippen LogP contribution >= 0.6 is 0 Å². The highest BCUT2D eigenvalue weighted by Crippen LogP contribution is 2.29. The predicted molar refractivity (Wildman–Crippen MR) is 116 cm³/mol. The molecule has 1 saturated heterocycles. The van der Waals surface area contributed by atoms with Crippen molar-refractivity contribution < 1.29 is 4.74 Å². The van der Waals surface area contributed by atoms with Gasteiger partial charge < -0.3 is 15.4 Å². The summed E-state index contributed by atoms with van der Waals surface area (Å²) < 4.78 is 5.84. The van der Waals surface area contributed by atoms with E-state index in [9.17, 15) is 0 Å². The van der Waals surface area contributed by atoms with Gasteiger partial charge in [0.25, 0.3) is 0 Å². The van der Waals surface area contributed by atoms with Crippen LogP contribution in [0, 0.1) is 0 Å². The van der Waals surface area contributed by atoms with E-state index in [1.165, 1.54) is 0 Å². The molecule has 0 unspecified atom stereocenters. The largest absolute Gasteiger partial charge is 0.404 e. The number of nitrogens with two attached hydrogens (primary N) is 1. The normalized spacial score (nSPS) is 20.7. The highest BCUT2D eigenvalue weighted by Gasteiger charge is 2.24. The maximum atomic E-state index is 5.84. The highest BCUT2D eigenvalue weighted by molar-refractivity contribution is 6.11. The number of nitrogens with zero attached hydrogens (tertiary/aromatic N) is 5. The number of ether oxygens (including phenoxy) is 1.